The Morgan fingerprint density at radius 2 is 1.92 bits per heavy atom. The van der Waals surface area contributed by atoms with E-state index in [1.54, 1.807) is 30.6 Å². The molecule has 1 fully saturated rings. The molecule has 0 bridgehead atoms. The summed E-state index contributed by atoms with van der Waals surface area (Å²) in [5.41, 5.74) is 0.358. The van der Waals surface area contributed by atoms with Crippen molar-refractivity contribution in [2.45, 2.75) is 37.8 Å². The fourth-order valence-electron chi connectivity index (χ4n) is 2.87. The van der Waals surface area contributed by atoms with Crippen molar-refractivity contribution in [3.63, 3.8) is 0 Å². The van der Waals surface area contributed by atoms with Crippen molar-refractivity contribution < 1.29 is 9.53 Å². The number of nitrogens with one attached hydrogen (secondary N) is 1. The minimum Gasteiger partial charge on any atom is -0.458 e. The van der Waals surface area contributed by atoms with Gasteiger partial charge in [0.1, 0.15) is 17.6 Å². The molecule has 2 heterocycles. The number of hydrogen-bond donors (Lipinski definition) is 1. The van der Waals surface area contributed by atoms with Crippen molar-refractivity contribution in [2.75, 3.05) is 24.3 Å². The molecular formula is C18H23N5O2. The summed E-state index contributed by atoms with van der Waals surface area (Å²) in [4.78, 5) is 26.8. The average Bonchev–Trinajstić information content (AvgIpc) is 2.64. The molecule has 7 heteroatoms. The highest BCUT2D eigenvalue weighted by Crippen LogP contribution is 2.24. The summed E-state index contributed by atoms with van der Waals surface area (Å²) in [6.45, 7) is 0. The van der Waals surface area contributed by atoms with Crippen LogP contribution in [0.3, 0.4) is 0 Å². The predicted molar refractivity (Wildman–Crippen MR) is 95.7 cm³/mol. The maximum Gasteiger partial charge on any atom is 0.357 e. The number of carbonyl (C=O) groups is 1. The van der Waals surface area contributed by atoms with Gasteiger partial charge in [0.15, 0.2) is 0 Å². The number of pyridine rings is 1. The van der Waals surface area contributed by atoms with Crippen LogP contribution in [-0.2, 0) is 4.74 Å². The number of esters is 1. The first kappa shape index (κ1) is 17.1. The number of aromatic nitrogens is 3. The minimum atomic E-state index is -0.348. The zero-order valence-corrected chi connectivity index (χ0v) is 14.6. The largest absolute Gasteiger partial charge is 0.458 e. The quantitative estimate of drug-likeness (QED) is 0.837. The third kappa shape index (κ3) is 4.65. The van der Waals surface area contributed by atoms with Crippen molar-refractivity contribution in [1.29, 1.82) is 0 Å². The maximum atomic E-state index is 12.1. The molecule has 0 radical (unpaired) electrons. The molecule has 0 atom stereocenters. The predicted octanol–water partition coefficient (Wildman–Crippen LogP) is 2.52. The fraction of sp³-hybridized carbons (Fsp3) is 0.444. The Hall–Kier alpha value is -2.70. The molecular weight excluding hydrogens is 318 g/mol. The van der Waals surface area contributed by atoms with Crippen molar-refractivity contribution in [3.05, 3.63) is 42.4 Å². The summed E-state index contributed by atoms with van der Waals surface area (Å²) in [6.07, 6.45) is 6.77. The van der Waals surface area contributed by atoms with Crippen LogP contribution >= 0.6 is 0 Å². The second-order valence-corrected chi connectivity index (χ2v) is 6.37. The van der Waals surface area contributed by atoms with E-state index in [1.807, 2.05) is 25.1 Å². The number of carbonyl (C=O) groups excluding carboxylic acids is 1. The van der Waals surface area contributed by atoms with Gasteiger partial charge in [-0.15, -0.1) is 0 Å². The summed E-state index contributed by atoms with van der Waals surface area (Å²) in [5.74, 6) is 1.16. The number of rotatable bonds is 5. The minimum absolute atomic E-state index is 0.0541. The van der Waals surface area contributed by atoms with Crippen LogP contribution in [0.1, 0.15) is 36.2 Å². The van der Waals surface area contributed by atoms with Crippen molar-refractivity contribution in [3.8, 4) is 0 Å². The van der Waals surface area contributed by atoms with E-state index in [0.717, 1.165) is 31.5 Å². The number of nitrogens with zero attached hydrogens (tertiary/aromatic N) is 4. The molecule has 132 valence electrons. The van der Waals surface area contributed by atoms with Crippen molar-refractivity contribution >= 4 is 17.7 Å². The molecule has 7 nitrogen and oxygen atoms in total. The summed E-state index contributed by atoms with van der Waals surface area (Å²) >= 11 is 0. The Balaban J connectivity index is 1.49. The highest BCUT2D eigenvalue weighted by atomic mass is 16.5. The SMILES string of the molecule is CN(C)c1ccnc(NC2CCC(OC(=O)c3ccccn3)CC2)n1. The molecule has 0 aliphatic heterocycles. The molecule has 0 aromatic carbocycles. The third-order valence-corrected chi connectivity index (χ3v) is 4.25. The van der Waals surface area contributed by atoms with Gasteiger partial charge in [-0.2, -0.15) is 4.98 Å². The number of ether oxygens (including phenoxy) is 1. The van der Waals surface area contributed by atoms with E-state index in [0.29, 0.717) is 17.7 Å². The van der Waals surface area contributed by atoms with Gasteiger partial charge in [0.25, 0.3) is 0 Å². The Morgan fingerprint density at radius 3 is 2.60 bits per heavy atom. The van der Waals surface area contributed by atoms with Gasteiger partial charge in [0, 0.05) is 32.5 Å². The van der Waals surface area contributed by atoms with Crippen LogP contribution in [0.5, 0.6) is 0 Å². The van der Waals surface area contributed by atoms with E-state index in [9.17, 15) is 4.79 Å². The zero-order valence-electron chi connectivity index (χ0n) is 14.6. The van der Waals surface area contributed by atoms with E-state index < -0.39 is 0 Å². The lowest BCUT2D eigenvalue weighted by atomic mass is 9.93. The standard InChI is InChI=1S/C18H23N5O2/c1-23(2)16-10-12-20-18(22-16)21-13-6-8-14(9-7-13)25-17(24)15-5-3-4-11-19-15/h3-5,10-14H,6-9H2,1-2H3,(H,20,21,22). The molecule has 1 aliphatic carbocycles. The lowest BCUT2D eigenvalue weighted by Gasteiger charge is -2.29. The molecule has 1 N–H and O–H groups in total. The monoisotopic (exact) mass is 341 g/mol. The molecule has 0 saturated heterocycles. The second kappa shape index (κ2) is 7.92. The van der Waals surface area contributed by atoms with Crippen LogP contribution in [0, 0.1) is 0 Å². The first-order valence-corrected chi connectivity index (χ1v) is 8.51. The van der Waals surface area contributed by atoms with Crippen molar-refractivity contribution in [2.24, 2.45) is 0 Å². The van der Waals surface area contributed by atoms with E-state index in [1.165, 1.54) is 0 Å². The maximum absolute atomic E-state index is 12.1. The first-order valence-electron chi connectivity index (χ1n) is 8.51. The Kier molecular flexibility index (Phi) is 5.42. The molecule has 3 rings (SSSR count). The summed E-state index contributed by atoms with van der Waals surface area (Å²) < 4.78 is 5.56. The van der Waals surface area contributed by atoms with E-state index in [4.69, 9.17) is 4.74 Å². The summed E-state index contributed by atoms with van der Waals surface area (Å²) in [6, 6.07) is 7.40. The van der Waals surface area contributed by atoms with Crippen LogP contribution in [0.4, 0.5) is 11.8 Å². The molecule has 2 aromatic heterocycles. The molecule has 1 aliphatic rings. The second-order valence-electron chi connectivity index (χ2n) is 6.37. The van der Waals surface area contributed by atoms with Crippen LogP contribution in [-0.4, -0.2) is 47.2 Å². The normalized spacial score (nSPS) is 19.9. The number of anilines is 2. The van der Waals surface area contributed by atoms with Crippen LogP contribution in [0.25, 0.3) is 0 Å². The Labute approximate surface area is 147 Å². The highest BCUT2D eigenvalue weighted by Gasteiger charge is 2.25. The van der Waals surface area contributed by atoms with Crippen LogP contribution < -0.4 is 10.2 Å². The van der Waals surface area contributed by atoms with Crippen LogP contribution in [0.2, 0.25) is 0 Å². The highest BCUT2D eigenvalue weighted by molar-refractivity contribution is 5.87. The molecule has 0 amide bonds. The molecule has 2 aromatic rings. The Morgan fingerprint density at radius 1 is 1.12 bits per heavy atom. The smallest absolute Gasteiger partial charge is 0.357 e. The van der Waals surface area contributed by atoms with Gasteiger partial charge < -0.3 is 15.0 Å². The summed E-state index contributed by atoms with van der Waals surface area (Å²) in [5, 5.41) is 3.38. The van der Waals surface area contributed by atoms with Gasteiger partial charge in [0.05, 0.1) is 0 Å². The number of hydrogen-bond acceptors (Lipinski definition) is 7. The molecule has 0 spiro atoms. The lowest BCUT2D eigenvalue weighted by Crippen LogP contribution is -2.31. The van der Waals surface area contributed by atoms with Gasteiger partial charge in [-0.3, -0.25) is 0 Å². The van der Waals surface area contributed by atoms with E-state index in [2.05, 4.69) is 20.3 Å². The fourth-order valence-corrected chi connectivity index (χ4v) is 2.87. The van der Waals surface area contributed by atoms with Gasteiger partial charge in [-0.25, -0.2) is 14.8 Å². The van der Waals surface area contributed by atoms with E-state index >= 15 is 0 Å². The third-order valence-electron chi connectivity index (χ3n) is 4.25. The molecule has 1 saturated carbocycles. The summed E-state index contributed by atoms with van der Waals surface area (Å²) in [7, 11) is 3.90. The lowest BCUT2D eigenvalue weighted by molar-refractivity contribution is 0.0195. The van der Waals surface area contributed by atoms with Gasteiger partial charge in [-0.1, -0.05) is 6.07 Å². The topological polar surface area (TPSA) is 80.2 Å². The van der Waals surface area contributed by atoms with Gasteiger partial charge in [-0.05, 0) is 43.9 Å². The van der Waals surface area contributed by atoms with Gasteiger partial charge in [0.2, 0.25) is 5.95 Å². The zero-order chi connectivity index (χ0) is 17.6. The molecule has 0 unspecified atom stereocenters. The first-order chi connectivity index (χ1) is 12.1. The Bertz CT molecular complexity index is 700. The van der Waals surface area contributed by atoms with E-state index in [-0.39, 0.29) is 12.1 Å². The van der Waals surface area contributed by atoms with Crippen molar-refractivity contribution in [1.82, 2.24) is 15.0 Å². The average molecular weight is 341 g/mol. The van der Waals surface area contributed by atoms with Crippen LogP contribution in [0.15, 0.2) is 36.7 Å². The van der Waals surface area contributed by atoms with Gasteiger partial charge >= 0.3 is 5.97 Å². The molecule has 25 heavy (non-hydrogen) atoms.